The third kappa shape index (κ3) is 4.18. The van der Waals surface area contributed by atoms with Crippen molar-refractivity contribution < 1.29 is 14.1 Å². The summed E-state index contributed by atoms with van der Waals surface area (Å²) in [6.07, 6.45) is 0.856. The highest BCUT2D eigenvalue weighted by atomic mass is 35.5. The Hall–Kier alpha value is -3.11. The van der Waals surface area contributed by atoms with E-state index in [1.807, 2.05) is 60.7 Å². The van der Waals surface area contributed by atoms with Crippen LogP contribution in [0.2, 0.25) is 5.02 Å². The molecule has 4 nitrogen and oxygen atoms in total. The van der Waals surface area contributed by atoms with Crippen molar-refractivity contribution in [3.05, 3.63) is 94.6 Å². The molecule has 0 fully saturated rings. The Balaban J connectivity index is 1.48. The molecule has 4 aromatic rings. The molecule has 4 rings (SSSR count). The van der Waals surface area contributed by atoms with Gasteiger partial charge in [-0.1, -0.05) is 59.2 Å². The number of nitrogens with zero attached hydrogens (tertiary/aromatic N) is 1. The predicted molar refractivity (Wildman–Crippen MR) is 104 cm³/mol. The zero-order chi connectivity index (χ0) is 18.6. The maximum atomic E-state index is 12.1. The Kier molecular flexibility index (Phi) is 4.90. The molecular weight excluding hydrogens is 362 g/mol. The highest BCUT2D eigenvalue weighted by molar-refractivity contribution is 6.30. The summed E-state index contributed by atoms with van der Waals surface area (Å²) in [5.41, 5.74) is 3.42. The third-order valence-corrected chi connectivity index (χ3v) is 4.48. The number of benzene rings is 3. The molecule has 0 N–H and O–H groups in total. The first kappa shape index (κ1) is 17.3. The third-order valence-electron chi connectivity index (χ3n) is 4.23. The summed E-state index contributed by atoms with van der Waals surface area (Å²) in [7, 11) is 0. The van der Waals surface area contributed by atoms with Gasteiger partial charge in [0.1, 0.15) is 5.75 Å². The Morgan fingerprint density at radius 3 is 2.52 bits per heavy atom. The molecule has 0 aliphatic heterocycles. The van der Waals surface area contributed by atoms with Gasteiger partial charge in [0.25, 0.3) is 0 Å². The quantitative estimate of drug-likeness (QED) is 0.353. The van der Waals surface area contributed by atoms with Crippen molar-refractivity contribution in [1.29, 1.82) is 0 Å². The fourth-order valence-electron chi connectivity index (χ4n) is 2.89. The van der Waals surface area contributed by atoms with Gasteiger partial charge in [0, 0.05) is 22.9 Å². The fraction of sp³-hybridized carbons (Fsp3) is 0.0909. The van der Waals surface area contributed by atoms with Crippen LogP contribution >= 0.6 is 11.6 Å². The van der Waals surface area contributed by atoms with E-state index in [0.717, 1.165) is 22.2 Å². The smallest absolute Gasteiger partial charge is 0.315 e. The van der Waals surface area contributed by atoms with Gasteiger partial charge in [-0.25, -0.2) is 0 Å². The SMILES string of the molecule is O=C(Cc1ccccc1)Oc1ccc2c(Cc3ccc(Cl)cc3)noc2c1. The van der Waals surface area contributed by atoms with Crippen molar-refractivity contribution >= 4 is 28.5 Å². The Bertz CT molecular complexity index is 1070. The summed E-state index contributed by atoms with van der Waals surface area (Å²) in [4.78, 5) is 12.1. The molecule has 0 saturated carbocycles. The zero-order valence-electron chi connectivity index (χ0n) is 14.4. The molecule has 0 bridgehead atoms. The normalized spacial score (nSPS) is 10.9. The van der Waals surface area contributed by atoms with Crippen LogP contribution in [-0.4, -0.2) is 11.1 Å². The molecular formula is C22H16ClNO3. The van der Waals surface area contributed by atoms with E-state index < -0.39 is 0 Å². The number of ether oxygens (including phenoxy) is 1. The molecule has 0 radical (unpaired) electrons. The van der Waals surface area contributed by atoms with Crippen molar-refractivity contribution in [3.8, 4) is 5.75 Å². The van der Waals surface area contributed by atoms with Crippen LogP contribution in [0.3, 0.4) is 0 Å². The van der Waals surface area contributed by atoms with Crippen molar-refractivity contribution in [2.45, 2.75) is 12.8 Å². The molecule has 5 heteroatoms. The number of aromatic nitrogens is 1. The van der Waals surface area contributed by atoms with Crippen LogP contribution in [-0.2, 0) is 17.6 Å². The van der Waals surface area contributed by atoms with Crippen LogP contribution in [0.25, 0.3) is 11.0 Å². The lowest BCUT2D eigenvalue weighted by molar-refractivity contribution is -0.133. The van der Waals surface area contributed by atoms with Gasteiger partial charge in [-0.2, -0.15) is 0 Å². The highest BCUT2D eigenvalue weighted by Gasteiger charge is 2.12. The average molecular weight is 378 g/mol. The van der Waals surface area contributed by atoms with Gasteiger partial charge >= 0.3 is 5.97 Å². The topological polar surface area (TPSA) is 52.3 Å². The minimum absolute atomic E-state index is 0.219. The van der Waals surface area contributed by atoms with Crippen molar-refractivity contribution in [3.63, 3.8) is 0 Å². The van der Waals surface area contributed by atoms with Crippen LogP contribution in [0, 0.1) is 0 Å². The molecule has 134 valence electrons. The molecule has 0 amide bonds. The Labute approximate surface area is 161 Å². The van der Waals surface area contributed by atoms with E-state index in [0.29, 0.717) is 22.8 Å². The largest absolute Gasteiger partial charge is 0.426 e. The fourth-order valence-corrected chi connectivity index (χ4v) is 3.01. The number of fused-ring (bicyclic) bond motifs is 1. The molecule has 27 heavy (non-hydrogen) atoms. The first-order chi connectivity index (χ1) is 13.2. The van der Waals surface area contributed by atoms with E-state index in [1.54, 1.807) is 12.1 Å². The summed E-state index contributed by atoms with van der Waals surface area (Å²) in [5, 5.41) is 5.75. The molecule has 0 unspecified atom stereocenters. The zero-order valence-corrected chi connectivity index (χ0v) is 15.1. The number of carbonyl (C=O) groups excluding carboxylic acids is 1. The van der Waals surface area contributed by atoms with Crippen molar-refractivity contribution in [2.75, 3.05) is 0 Å². The van der Waals surface area contributed by atoms with Gasteiger partial charge in [0.2, 0.25) is 0 Å². The summed E-state index contributed by atoms with van der Waals surface area (Å²) in [5.74, 6) is 0.124. The van der Waals surface area contributed by atoms with E-state index >= 15 is 0 Å². The van der Waals surface area contributed by atoms with Gasteiger partial charge < -0.3 is 9.26 Å². The molecule has 0 aliphatic rings. The minimum atomic E-state index is -0.318. The second kappa shape index (κ2) is 7.64. The number of carbonyl (C=O) groups is 1. The number of hydrogen-bond acceptors (Lipinski definition) is 4. The maximum absolute atomic E-state index is 12.1. The van der Waals surface area contributed by atoms with E-state index in [-0.39, 0.29) is 12.4 Å². The lowest BCUT2D eigenvalue weighted by Crippen LogP contribution is -2.11. The molecule has 0 spiro atoms. The van der Waals surface area contributed by atoms with Crippen molar-refractivity contribution in [2.24, 2.45) is 0 Å². The summed E-state index contributed by atoms with van der Waals surface area (Å²) in [6, 6.07) is 22.4. The van der Waals surface area contributed by atoms with Crippen LogP contribution in [0.5, 0.6) is 5.75 Å². The Morgan fingerprint density at radius 1 is 0.963 bits per heavy atom. The van der Waals surface area contributed by atoms with E-state index in [1.165, 1.54) is 0 Å². The van der Waals surface area contributed by atoms with Crippen LogP contribution in [0.15, 0.2) is 77.3 Å². The lowest BCUT2D eigenvalue weighted by Gasteiger charge is -2.04. The minimum Gasteiger partial charge on any atom is -0.426 e. The van der Waals surface area contributed by atoms with Gasteiger partial charge in [-0.05, 0) is 35.4 Å². The second-order valence-corrected chi connectivity index (χ2v) is 6.66. The van der Waals surface area contributed by atoms with Gasteiger partial charge in [0.15, 0.2) is 5.58 Å². The number of hydrogen-bond donors (Lipinski definition) is 0. The van der Waals surface area contributed by atoms with Gasteiger partial charge in [0.05, 0.1) is 12.1 Å². The monoisotopic (exact) mass is 377 g/mol. The summed E-state index contributed by atoms with van der Waals surface area (Å²) in [6.45, 7) is 0. The molecule has 0 atom stereocenters. The van der Waals surface area contributed by atoms with Crippen LogP contribution in [0.4, 0.5) is 0 Å². The van der Waals surface area contributed by atoms with E-state index in [9.17, 15) is 4.79 Å². The number of rotatable bonds is 5. The van der Waals surface area contributed by atoms with Crippen LogP contribution < -0.4 is 4.74 Å². The second-order valence-electron chi connectivity index (χ2n) is 6.23. The summed E-state index contributed by atoms with van der Waals surface area (Å²) < 4.78 is 10.8. The van der Waals surface area contributed by atoms with E-state index in [2.05, 4.69) is 5.16 Å². The number of esters is 1. The standard InChI is InChI=1S/C22H16ClNO3/c23-17-8-6-16(7-9-17)12-20-19-11-10-18(14-21(19)27-24-20)26-22(25)13-15-4-2-1-3-5-15/h1-11,14H,12-13H2. The molecule has 1 heterocycles. The maximum Gasteiger partial charge on any atom is 0.315 e. The first-order valence-electron chi connectivity index (χ1n) is 8.55. The van der Waals surface area contributed by atoms with Crippen molar-refractivity contribution in [1.82, 2.24) is 5.16 Å². The molecule has 0 aliphatic carbocycles. The van der Waals surface area contributed by atoms with Gasteiger partial charge in [-0.15, -0.1) is 0 Å². The average Bonchev–Trinajstić information content (AvgIpc) is 3.06. The lowest BCUT2D eigenvalue weighted by atomic mass is 10.1. The first-order valence-corrected chi connectivity index (χ1v) is 8.92. The predicted octanol–water partition coefficient (Wildman–Crippen LogP) is 5.22. The van der Waals surface area contributed by atoms with Crippen LogP contribution in [0.1, 0.15) is 16.8 Å². The molecule has 0 saturated heterocycles. The number of halogens is 1. The highest BCUT2D eigenvalue weighted by Crippen LogP contribution is 2.26. The van der Waals surface area contributed by atoms with E-state index in [4.69, 9.17) is 20.9 Å². The van der Waals surface area contributed by atoms with Gasteiger partial charge in [-0.3, -0.25) is 4.79 Å². The Morgan fingerprint density at radius 2 is 1.74 bits per heavy atom. The summed E-state index contributed by atoms with van der Waals surface area (Å²) >= 11 is 5.92. The molecule has 3 aromatic carbocycles. The molecule has 1 aromatic heterocycles.